The Bertz CT molecular complexity index is 988. The molecule has 0 aliphatic heterocycles. The molecule has 0 saturated heterocycles. The summed E-state index contributed by atoms with van der Waals surface area (Å²) >= 11 is 0. The number of rotatable bonds is 3. The third kappa shape index (κ3) is 3.31. The molecule has 5 nitrogen and oxygen atoms in total. The summed E-state index contributed by atoms with van der Waals surface area (Å²) in [6.45, 7) is 3.78. The molecule has 0 atom stereocenters. The molecule has 0 radical (unpaired) electrons. The van der Waals surface area contributed by atoms with Gasteiger partial charge in [0.1, 0.15) is 5.82 Å². The van der Waals surface area contributed by atoms with Crippen molar-refractivity contribution >= 4 is 11.6 Å². The van der Waals surface area contributed by atoms with Gasteiger partial charge in [-0.05, 0) is 44.4 Å². The molecule has 1 aliphatic rings. The van der Waals surface area contributed by atoms with Crippen molar-refractivity contribution in [2.45, 2.75) is 52.0 Å². The van der Waals surface area contributed by atoms with E-state index in [9.17, 15) is 9.18 Å². The molecule has 1 saturated carbocycles. The molecule has 0 bridgehead atoms. The molecule has 2 aromatic heterocycles. The fraction of sp³-hybridized carbons (Fsp3) is 0.381. The van der Waals surface area contributed by atoms with E-state index in [4.69, 9.17) is 0 Å². The van der Waals surface area contributed by atoms with Crippen LogP contribution >= 0.6 is 0 Å². The maximum atomic E-state index is 13.3. The first-order chi connectivity index (χ1) is 13.0. The summed E-state index contributed by atoms with van der Waals surface area (Å²) in [5.74, 6) is -0.371. The van der Waals surface area contributed by atoms with Crippen molar-refractivity contribution in [3.05, 3.63) is 53.2 Å². The second kappa shape index (κ2) is 7.10. The summed E-state index contributed by atoms with van der Waals surface area (Å²) in [4.78, 5) is 17.3. The zero-order valence-corrected chi connectivity index (χ0v) is 15.6. The molecule has 2 heterocycles. The number of carbonyl (C=O) groups is 1. The van der Waals surface area contributed by atoms with Gasteiger partial charge in [-0.1, -0.05) is 31.4 Å². The smallest absolute Gasteiger partial charge is 0.254 e. The standard InChI is InChI=1S/C21H23FN4O/c1-13-19(15-8-10-16(22)11-9-15)20-23-12-18(14(2)26(20)25-13)21(27)24-17-6-4-3-5-7-17/h8-12,17H,3-7H2,1-2H3,(H,24,27). The molecule has 27 heavy (non-hydrogen) atoms. The Morgan fingerprint density at radius 2 is 1.85 bits per heavy atom. The average molecular weight is 366 g/mol. The number of hydrogen-bond acceptors (Lipinski definition) is 3. The molecule has 0 spiro atoms. The molecule has 1 aromatic carbocycles. The van der Waals surface area contributed by atoms with Gasteiger partial charge < -0.3 is 5.32 Å². The van der Waals surface area contributed by atoms with Crippen LogP contribution in [-0.4, -0.2) is 26.5 Å². The molecule has 1 aliphatic carbocycles. The van der Waals surface area contributed by atoms with Crippen molar-refractivity contribution < 1.29 is 9.18 Å². The van der Waals surface area contributed by atoms with Crippen LogP contribution in [0.5, 0.6) is 0 Å². The lowest BCUT2D eigenvalue weighted by atomic mass is 9.95. The number of hydrogen-bond donors (Lipinski definition) is 1. The SMILES string of the molecule is Cc1nn2c(C)c(C(=O)NC3CCCCC3)cnc2c1-c1ccc(F)cc1. The number of amides is 1. The van der Waals surface area contributed by atoms with Crippen molar-refractivity contribution in [1.29, 1.82) is 0 Å². The molecular formula is C21H23FN4O. The Labute approximate surface area is 157 Å². The topological polar surface area (TPSA) is 59.3 Å². The highest BCUT2D eigenvalue weighted by Gasteiger charge is 2.21. The van der Waals surface area contributed by atoms with Gasteiger partial charge in [0.05, 0.1) is 17.0 Å². The van der Waals surface area contributed by atoms with E-state index in [1.54, 1.807) is 22.8 Å². The number of aromatic nitrogens is 3. The van der Waals surface area contributed by atoms with Gasteiger partial charge in [0.15, 0.2) is 5.65 Å². The molecule has 1 fully saturated rings. The van der Waals surface area contributed by atoms with Crippen molar-refractivity contribution in [2.75, 3.05) is 0 Å². The van der Waals surface area contributed by atoms with Crippen LogP contribution in [0, 0.1) is 19.7 Å². The first-order valence-electron chi connectivity index (χ1n) is 9.46. The van der Waals surface area contributed by atoms with Gasteiger partial charge in [0, 0.05) is 17.8 Å². The number of nitrogens with zero attached hydrogens (tertiary/aromatic N) is 3. The fourth-order valence-corrected chi connectivity index (χ4v) is 3.89. The van der Waals surface area contributed by atoms with Crippen LogP contribution in [0.3, 0.4) is 0 Å². The van der Waals surface area contributed by atoms with Gasteiger partial charge in [-0.2, -0.15) is 5.10 Å². The molecule has 140 valence electrons. The molecule has 1 amide bonds. The maximum Gasteiger partial charge on any atom is 0.254 e. The van der Waals surface area contributed by atoms with E-state index in [0.29, 0.717) is 11.2 Å². The highest BCUT2D eigenvalue weighted by atomic mass is 19.1. The number of carbonyl (C=O) groups excluding carboxylic acids is 1. The fourth-order valence-electron chi connectivity index (χ4n) is 3.89. The largest absolute Gasteiger partial charge is 0.349 e. The predicted octanol–water partition coefficient (Wildman–Crippen LogP) is 4.21. The first-order valence-corrected chi connectivity index (χ1v) is 9.46. The minimum atomic E-state index is -0.279. The number of nitrogens with one attached hydrogen (secondary N) is 1. The molecule has 6 heteroatoms. The summed E-state index contributed by atoms with van der Waals surface area (Å²) < 4.78 is 15.0. The average Bonchev–Trinajstić information content (AvgIpc) is 3.00. The van der Waals surface area contributed by atoms with Crippen molar-refractivity contribution in [3.63, 3.8) is 0 Å². The lowest BCUT2D eigenvalue weighted by molar-refractivity contribution is 0.0926. The second-order valence-electron chi connectivity index (χ2n) is 7.27. The van der Waals surface area contributed by atoms with E-state index in [-0.39, 0.29) is 17.8 Å². The second-order valence-corrected chi connectivity index (χ2v) is 7.27. The third-order valence-electron chi connectivity index (χ3n) is 5.38. The highest BCUT2D eigenvalue weighted by Crippen LogP contribution is 2.28. The quantitative estimate of drug-likeness (QED) is 0.755. The van der Waals surface area contributed by atoms with Crippen molar-refractivity contribution in [3.8, 4) is 11.1 Å². The maximum absolute atomic E-state index is 13.3. The van der Waals surface area contributed by atoms with Crippen LogP contribution in [0.2, 0.25) is 0 Å². The first kappa shape index (κ1) is 17.6. The summed E-state index contributed by atoms with van der Waals surface area (Å²) in [5.41, 5.74) is 4.48. The molecule has 4 rings (SSSR count). The highest BCUT2D eigenvalue weighted by molar-refractivity contribution is 5.95. The van der Waals surface area contributed by atoms with Crippen LogP contribution in [0.1, 0.15) is 53.8 Å². The van der Waals surface area contributed by atoms with Crippen LogP contribution < -0.4 is 5.32 Å². The number of benzene rings is 1. The van der Waals surface area contributed by atoms with E-state index >= 15 is 0 Å². The van der Waals surface area contributed by atoms with Gasteiger partial charge in [0.25, 0.3) is 5.91 Å². The molecule has 0 unspecified atom stereocenters. The number of fused-ring (bicyclic) bond motifs is 1. The minimum Gasteiger partial charge on any atom is -0.349 e. The summed E-state index contributed by atoms with van der Waals surface area (Å²) in [7, 11) is 0. The summed E-state index contributed by atoms with van der Waals surface area (Å²) in [6.07, 6.45) is 7.28. The Kier molecular flexibility index (Phi) is 4.64. The van der Waals surface area contributed by atoms with E-state index in [2.05, 4.69) is 15.4 Å². The normalized spacial score (nSPS) is 15.2. The Morgan fingerprint density at radius 1 is 1.15 bits per heavy atom. The van der Waals surface area contributed by atoms with E-state index in [0.717, 1.165) is 35.4 Å². The molecular weight excluding hydrogens is 343 g/mol. The summed E-state index contributed by atoms with van der Waals surface area (Å²) in [5, 5.41) is 7.72. The van der Waals surface area contributed by atoms with Gasteiger partial charge in [-0.15, -0.1) is 0 Å². The van der Waals surface area contributed by atoms with Gasteiger partial charge in [-0.3, -0.25) is 4.79 Å². The van der Waals surface area contributed by atoms with Crippen LogP contribution in [0.15, 0.2) is 30.5 Å². The third-order valence-corrected chi connectivity index (χ3v) is 5.38. The monoisotopic (exact) mass is 366 g/mol. The van der Waals surface area contributed by atoms with Crippen LogP contribution in [0.25, 0.3) is 16.8 Å². The lowest BCUT2D eigenvalue weighted by Gasteiger charge is -2.23. The van der Waals surface area contributed by atoms with Crippen LogP contribution in [-0.2, 0) is 0 Å². The summed E-state index contributed by atoms with van der Waals surface area (Å²) in [6, 6.07) is 6.55. The van der Waals surface area contributed by atoms with Gasteiger partial charge in [0.2, 0.25) is 0 Å². The van der Waals surface area contributed by atoms with E-state index < -0.39 is 0 Å². The Morgan fingerprint density at radius 3 is 2.56 bits per heavy atom. The number of halogens is 1. The van der Waals surface area contributed by atoms with Crippen molar-refractivity contribution in [2.24, 2.45) is 0 Å². The minimum absolute atomic E-state index is 0.0923. The zero-order chi connectivity index (χ0) is 19.0. The van der Waals surface area contributed by atoms with Gasteiger partial charge >= 0.3 is 0 Å². The van der Waals surface area contributed by atoms with Crippen LogP contribution in [0.4, 0.5) is 4.39 Å². The molecule has 3 aromatic rings. The van der Waals surface area contributed by atoms with E-state index in [1.807, 2.05) is 13.8 Å². The Hall–Kier alpha value is -2.76. The van der Waals surface area contributed by atoms with Crippen molar-refractivity contribution in [1.82, 2.24) is 19.9 Å². The lowest BCUT2D eigenvalue weighted by Crippen LogP contribution is -2.36. The van der Waals surface area contributed by atoms with Gasteiger partial charge in [-0.25, -0.2) is 13.9 Å². The molecule has 1 N–H and O–H groups in total. The zero-order valence-electron chi connectivity index (χ0n) is 15.6. The number of aryl methyl sites for hydroxylation is 2. The Balaban J connectivity index is 1.70. The van der Waals surface area contributed by atoms with E-state index in [1.165, 1.54) is 31.4 Å². The predicted molar refractivity (Wildman–Crippen MR) is 102 cm³/mol.